The van der Waals surface area contributed by atoms with Gasteiger partial charge in [-0.1, -0.05) is 19.1 Å². The topological polar surface area (TPSA) is 24.4 Å². The van der Waals surface area contributed by atoms with Crippen molar-refractivity contribution in [3.05, 3.63) is 29.8 Å². The Kier molecular flexibility index (Phi) is 4.94. The first-order valence-corrected chi connectivity index (χ1v) is 5.15. The highest BCUT2D eigenvalue weighted by Crippen LogP contribution is 2.12. The minimum Gasteiger partial charge on any atom is -0.313 e. The van der Waals surface area contributed by atoms with Gasteiger partial charge in [-0.2, -0.15) is 0 Å². The monoisotopic (exact) mass is 190 g/mol. The molecular weight excluding hydrogens is 172 g/mol. The summed E-state index contributed by atoms with van der Waals surface area (Å²) < 4.78 is 0. The lowest BCUT2D eigenvalue weighted by Crippen LogP contribution is -2.13. The third kappa shape index (κ3) is 3.71. The predicted molar refractivity (Wildman–Crippen MR) is 62.3 cm³/mol. The highest BCUT2D eigenvalue weighted by molar-refractivity contribution is 5.60. The first-order valence-electron chi connectivity index (χ1n) is 5.15. The Morgan fingerprint density at radius 3 is 2.57 bits per heavy atom. The number of rotatable bonds is 5. The maximum absolute atomic E-state index is 4.20. The van der Waals surface area contributed by atoms with Crippen molar-refractivity contribution in [3.8, 4) is 0 Å². The summed E-state index contributed by atoms with van der Waals surface area (Å²) >= 11 is 0. The van der Waals surface area contributed by atoms with Crippen molar-refractivity contribution in [2.75, 3.05) is 6.54 Å². The van der Waals surface area contributed by atoms with E-state index in [1.54, 1.807) is 0 Å². The molecule has 0 radical (unpaired) electrons. The van der Waals surface area contributed by atoms with Gasteiger partial charge >= 0.3 is 0 Å². The van der Waals surface area contributed by atoms with Gasteiger partial charge in [0.05, 0.1) is 5.69 Å². The molecule has 0 saturated heterocycles. The normalized spacial score (nSPS) is 11.0. The van der Waals surface area contributed by atoms with E-state index in [1.165, 1.54) is 12.0 Å². The van der Waals surface area contributed by atoms with E-state index in [0.29, 0.717) is 0 Å². The molecule has 0 saturated carbocycles. The predicted octanol–water partition coefficient (Wildman–Crippen LogP) is 2.91. The van der Waals surface area contributed by atoms with Crippen LogP contribution in [0.3, 0.4) is 0 Å². The van der Waals surface area contributed by atoms with E-state index in [0.717, 1.165) is 18.8 Å². The molecule has 0 aromatic heterocycles. The van der Waals surface area contributed by atoms with E-state index < -0.39 is 0 Å². The van der Waals surface area contributed by atoms with Gasteiger partial charge < -0.3 is 5.32 Å². The molecule has 14 heavy (non-hydrogen) atoms. The molecule has 1 N–H and O–H groups in total. The van der Waals surface area contributed by atoms with Crippen LogP contribution >= 0.6 is 0 Å². The molecule has 0 aliphatic carbocycles. The van der Waals surface area contributed by atoms with Crippen molar-refractivity contribution in [1.82, 2.24) is 5.32 Å². The maximum atomic E-state index is 4.20. The van der Waals surface area contributed by atoms with Crippen LogP contribution in [-0.2, 0) is 6.54 Å². The Balaban J connectivity index is 2.46. The van der Waals surface area contributed by atoms with Crippen LogP contribution in [-0.4, -0.2) is 12.8 Å². The van der Waals surface area contributed by atoms with Crippen LogP contribution in [0.1, 0.15) is 25.8 Å². The van der Waals surface area contributed by atoms with Crippen LogP contribution in [0.4, 0.5) is 5.69 Å². The first kappa shape index (κ1) is 10.9. The van der Waals surface area contributed by atoms with Gasteiger partial charge in [0.15, 0.2) is 0 Å². The number of nitrogens with zero attached hydrogens (tertiary/aromatic N) is 1. The van der Waals surface area contributed by atoms with E-state index in [-0.39, 0.29) is 0 Å². The molecule has 0 aliphatic rings. The van der Waals surface area contributed by atoms with Gasteiger partial charge in [-0.3, -0.25) is 4.99 Å². The number of benzene rings is 1. The summed E-state index contributed by atoms with van der Waals surface area (Å²) in [5.41, 5.74) is 2.33. The molecule has 2 heteroatoms. The lowest BCUT2D eigenvalue weighted by Gasteiger charge is -2.03. The molecule has 0 amide bonds. The fourth-order valence-electron chi connectivity index (χ4n) is 1.26. The van der Waals surface area contributed by atoms with Crippen molar-refractivity contribution in [2.24, 2.45) is 4.99 Å². The van der Waals surface area contributed by atoms with Crippen molar-refractivity contribution in [1.29, 1.82) is 0 Å². The number of aliphatic imine (C=N–C) groups is 1. The minimum atomic E-state index is 0.948. The SMILES string of the molecule is CC=Nc1ccc(CNCCC)cc1. The van der Waals surface area contributed by atoms with Gasteiger partial charge in [-0.25, -0.2) is 0 Å². The lowest BCUT2D eigenvalue weighted by atomic mass is 10.2. The largest absolute Gasteiger partial charge is 0.313 e. The zero-order chi connectivity index (χ0) is 10.2. The molecule has 0 fully saturated rings. The van der Waals surface area contributed by atoms with Crippen molar-refractivity contribution < 1.29 is 0 Å². The fourth-order valence-corrected chi connectivity index (χ4v) is 1.26. The second kappa shape index (κ2) is 6.33. The smallest absolute Gasteiger partial charge is 0.0625 e. The van der Waals surface area contributed by atoms with Gasteiger partial charge in [0.2, 0.25) is 0 Å². The Morgan fingerprint density at radius 1 is 1.29 bits per heavy atom. The van der Waals surface area contributed by atoms with E-state index >= 15 is 0 Å². The first-order chi connectivity index (χ1) is 6.86. The standard InChI is InChI=1S/C12H18N2/c1-3-9-13-10-11-5-7-12(8-6-11)14-4-2/h4-8,13H,3,9-10H2,1-2H3. The van der Waals surface area contributed by atoms with Crippen LogP contribution in [0, 0.1) is 0 Å². The zero-order valence-corrected chi connectivity index (χ0v) is 8.96. The van der Waals surface area contributed by atoms with Gasteiger partial charge in [-0.05, 0) is 37.6 Å². The van der Waals surface area contributed by atoms with Gasteiger partial charge in [0, 0.05) is 12.8 Å². The Labute approximate surface area is 86.1 Å². The third-order valence-corrected chi connectivity index (χ3v) is 1.97. The second-order valence-electron chi connectivity index (χ2n) is 3.23. The summed E-state index contributed by atoms with van der Waals surface area (Å²) in [5, 5.41) is 3.36. The summed E-state index contributed by atoms with van der Waals surface area (Å²) in [5.74, 6) is 0. The van der Waals surface area contributed by atoms with Gasteiger partial charge in [-0.15, -0.1) is 0 Å². The maximum Gasteiger partial charge on any atom is 0.0625 e. The molecule has 0 aliphatic heterocycles. The molecule has 0 atom stereocenters. The molecule has 0 unspecified atom stereocenters. The molecule has 1 rings (SSSR count). The van der Waals surface area contributed by atoms with Crippen LogP contribution in [0.2, 0.25) is 0 Å². The van der Waals surface area contributed by atoms with Crippen LogP contribution in [0.5, 0.6) is 0 Å². The quantitative estimate of drug-likeness (QED) is 0.560. The van der Waals surface area contributed by atoms with E-state index in [9.17, 15) is 0 Å². The molecular formula is C12H18N2. The van der Waals surface area contributed by atoms with Crippen LogP contribution in [0.25, 0.3) is 0 Å². The molecule has 0 spiro atoms. The third-order valence-electron chi connectivity index (χ3n) is 1.97. The highest BCUT2D eigenvalue weighted by atomic mass is 14.8. The molecule has 1 aromatic rings. The number of hydrogen-bond acceptors (Lipinski definition) is 2. The Morgan fingerprint density at radius 2 is 2.00 bits per heavy atom. The fraction of sp³-hybridized carbons (Fsp3) is 0.417. The molecule has 0 heterocycles. The van der Waals surface area contributed by atoms with Crippen LogP contribution < -0.4 is 5.32 Å². The van der Waals surface area contributed by atoms with Crippen molar-refractivity contribution in [2.45, 2.75) is 26.8 Å². The van der Waals surface area contributed by atoms with Crippen molar-refractivity contribution >= 4 is 11.9 Å². The van der Waals surface area contributed by atoms with E-state index in [4.69, 9.17) is 0 Å². The van der Waals surface area contributed by atoms with Crippen LogP contribution in [0.15, 0.2) is 29.3 Å². The number of nitrogens with one attached hydrogen (secondary N) is 1. The second-order valence-corrected chi connectivity index (χ2v) is 3.23. The van der Waals surface area contributed by atoms with Crippen molar-refractivity contribution in [3.63, 3.8) is 0 Å². The molecule has 0 bridgehead atoms. The minimum absolute atomic E-state index is 0.948. The highest BCUT2D eigenvalue weighted by Gasteiger charge is 1.91. The average molecular weight is 190 g/mol. The van der Waals surface area contributed by atoms with E-state index in [2.05, 4.69) is 29.4 Å². The summed E-state index contributed by atoms with van der Waals surface area (Å²) in [6, 6.07) is 8.32. The Hall–Kier alpha value is -1.15. The summed E-state index contributed by atoms with van der Waals surface area (Å²) in [6.07, 6.45) is 2.99. The summed E-state index contributed by atoms with van der Waals surface area (Å²) in [4.78, 5) is 4.20. The molecule has 2 nitrogen and oxygen atoms in total. The average Bonchev–Trinajstić information content (AvgIpc) is 2.21. The molecule has 1 aromatic carbocycles. The number of hydrogen-bond donors (Lipinski definition) is 1. The summed E-state index contributed by atoms with van der Waals surface area (Å²) in [6.45, 7) is 6.13. The molecule has 76 valence electrons. The zero-order valence-electron chi connectivity index (χ0n) is 8.96. The lowest BCUT2D eigenvalue weighted by molar-refractivity contribution is 0.675. The summed E-state index contributed by atoms with van der Waals surface area (Å²) in [7, 11) is 0. The Bertz CT molecular complexity index is 275. The van der Waals surface area contributed by atoms with Gasteiger partial charge in [0.25, 0.3) is 0 Å². The van der Waals surface area contributed by atoms with E-state index in [1.807, 2.05) is 25.3 Å². The van der Waals surface area contributed by atoms with Gasteiger partial charge in [0.1, 0.15) is 0 Å².